The minimum Gasteiger partial charge on any atom is -0.384 e. The maximum atomic E-state index is 3.53. The summed E-state index contributed by atoms with van der Waals surface area (Å²) in [4.78, 5) is 0. The minimum absolute atomic E-state index is 1.08. The SMILES string of the molecule is Brc1cc(I)cc2c1NCC2. The Balaban J connectivity index is 2.60. The van der Waals surface area contributed by atoms with Crippen LogP contribution in [0, 0.1) is 3.57 Å². The summed E-state index contributed by atoms with van der Waals surface area (Å²) in [6.07, 6.45) is 1.16. The highest BCUT2D eigenvalue weighted by Crippen LogP contribution is 2.32. The van der Waals surface area contributed by atoms with Gasteiger partial charge in [-0.15, -0.1) is 0 Å². The molecule has 1 aromatic carbocycles. The molecule has 0 aromatic heterocycles. The summed E-state index contributed by atoms with van der Waals surface area (Å²) in [5.74, 6) is 0. The molecule has 1 heterocycles. The van der Waals surface area contributed by atoms with E-state index in [4.69, 9.17) is 0 Å². The molecule has 58 valence electrons. The van der Waals surface area contributed by atoms with Crippen molar-refractivity contribution in [3.63, 3.8) is 0 Å². The standard InChI is InChI=1S/C8H7BrIN/c9-7-4-6(10)3-5-1-2-11-8(5)7/h3-4,11H,1-2H2. The molecule has 0 saturated heterocycles. The highest BCUT2D eigenvalue weighted by molar-refractivity contribution is 14.1. The predicted octanol–water partition coefficient (Wildman–Crippen LogP) is 3.02. The van der Waals surface area contributed by atoms with E-state index in [1.54, 1.807) is 0 Å². The molecule has 0 spiro atoms. The number of anilines is 1. The predicted molar refractivity (Wildman–Crippen MR) is 59.1 cm³/mol. The summed E-state index contributed by atoms with van der Waals surface area (Å²) in [6, 6.07) is 4.37. The van der Waals surface area contributed by atoms with Gasteiger partial charge >= 0.3 is 0 Å². The Morgan fingerprint density at radius 2 is 2.27 bits per heavy atom. The van der Waals surface area contributed by atoms with Crippen molar-refractivity contribution in [1.82, 2.24) is 0 Å². The number of hydrogen-bond acceptors (Lipinski definition) is 1. The number of halogens is 2. The first-order chi connectivity index (χ1) is 5.27. The van der Waals surface area contributed by atoms with E-state index >= 15 is 0 Å². The van der Waals surface area contributed by atoms with Gasteiger partial charge in [-0.3, -0.25) is 0 Å². The average Bonchev–Trinajstić information content (AvgIpc) is 2.34. The fraction of sp³-hybridized carbons (Fsp3) is 0.250. The van der Waals surface area contributed by atoms with Crippen LogP contribution in [0.1, 0.15) is 5.56 Å². The van der Waals surface area contributed by atoms with Crippen LogP contribution < -0.4 is 5.32 Å². The summed E-state index contributed by atoms with van der Waals surface area (Å²) in [5.41, 5.74) is 2.72. The Labute approximate surface area is 87.8 Å². The van der Waals surface area contributed by atoms with Gasteiger partial charge in [0.2, 0.25) is 0 Å². The van der Waals surface area contributed by atoms with Crippen molar-refractivity contribution in [2.45, 2.75) is 6.42 Å². The van der Waals surface area contributed by atoms with Crippen LogP contribution in [0.25, 0.3) is 0 Å². The normalized spacial score (nSPS) is 14.4. The molecule has 0 aliphatic carbocycles. The number of rotatable bonds is 0. The first-order valence-corrected chi connectivity index (χ1v) is 5.36. The van der Waals surface area contributed by atoms with Gasteiger partial charge in [-0.05, 0) is 62.6 Å². The fourth-order valence-electron chi connectivity index (χ4n) is 1.34. The van der Waals surface area contributed by atoms with E-state index in [1.165, 1.54) is 19.3 Å². The zero-order chi connectivity index (χ0) is 7.84. The van der Waals surface area contributed by atoms with E-state index in [0.717, 1.165) is 13.0 Å². The molecular weight excluding hydrogens is 317 g/mol. The van der Waals surface area contributed by atoms with E-state index < -0.39 is 0 Å². The topological polar surface area (TPSA) is 12.0 Å². The molecule has 0 saturated carbocycles. The molecule has 1 aromatic rings. The quantitative estimate of drug-likeness (QED) is 0.724. The van der Waals surface area contributed by atoms with E-state index in [2.05, 4.69) is 56.0 Å². The van der Waals surface area contributed by atoms with E-state index in [0.29, 0.717) is 0 Å². The van der Waals surface area contributed by atoms with E-state index in [9.17, 15) is 0 Å². The second kappa shape index (κ2) is 2.94. The smallest absolute Gasteiger partial charge is 0.0518 e. The first kappa shape index (κ1) is 7.86. The van der Waals surface area contributed by atoms with Crippen molar-refractivity contribution in [1.29, 1.82) is 0 Å². The number of hydrogen-bond donors (Lipinski definition) is 1. The summed E-state index contributed by atoms with van der Waals surface area (Å²) >= 11 is 5.87. The largest absolute Gasteiger partial charge is 0.384 e. The lowest BCUT2D eigenvalue weighted by molar-refractivity contribution is 1.10. The molecule has 0 bridgehead atoms. The van der Waals surface area contributed by atoms with Crippen molar-refractivity contribution in [2.24, 2.45) is 0 Å². The lowest BCUT2D eigenvalue weighted by Crippen LogP contribution is -1.91. The molecule has 1 nitrogen and oxygen atoms in total. The van der Waals surface area contributed by atoms with Crippen molar-refractivity contribution in [3.05, 3.63) is 25.7 Å². The molecule has 0 unspecified atom stereocenters. The first-order valence-electron chi connectivity index (χ1n) is 3.49. The summed E-state index contributed by atoms with van der Waals surface area (Å²) < 4.78 is 2.49. The van der Waals surface area contributed by atoms with Crippen LogP contribution in [-0.2, 0) is 6.42 Å². The molecule has 0 atom stereocenters. The maximum Gasteiger partial charge on any atom is 0.0518 e. The van der Waals surface area contributed by atoms with Gasteiger partial charge in [0.15, 0.2) is 0 Å². The van der Waals surface area contributed by atoms with Crippen LogP contribution in [0.15, 0.2) is 16.6 Å². The van der Waals surface area contributed by atoms with Gasteiger partial charge in [0.25, 0.3) is 0 Å². The Bertz CT molecular complexity index is 298. The minimum atomic E-state index is 1.08. The Hall–Kier alpha value is 0.230. The molecule has 2 rings (SSSR count). The molecule has 0 amide bonds. The van der Waals surface area contributed by atoms with Crippen LogP contribution in [0.4, 0.5) is 5.69 Å². The zero-order valence-corrected chi connectivity index (χ0v) is 9.57. The lowest BCUT2D eigenvalue weighted by Gasteiger charge is -2.02. The van der Waals surface area contributed by atoms with Gasteiger partial charge < -0.3 is 5.32 Å². The number of benzene rings is 1. The van der Waals surface area contributed by atoms with E-state index in [1.807, 2.05) is 0 Å². The van der Waals surface area contributed by atoms with Crippen LogP contribution >= 0.6 is 38.5 Å². The maximum absolute atomic E-state index is 3.53. The molecular formula is C8H7BrIN. The second-order valence-corrected chi connectivity index (χ2v) is 4.70. The van der Waals surface area contributed by atoms with Crippen LogP contribution in [0.2, 0.25) is 0 Å². The summed E-state index contributed by atoms with van der Waals surface area (Å²) in [6.45, 7) is 1.08. The summed E-state index contributed by atoms with van der Waals surface area (Å²) in [7, 11) is 0. The molecule has 0 radical (unpaired) electrons. The fourth-order valence-corrected chi connectivity index (χ4v) is 3.10. The average molecular weight is 324 g/mol. The Morgan fingerprint density at radius 1 is 1.45 bits per heavy atom. The third-order valence-corrected chi connectivity index (χ3v) is 3.08. The summed E-state index contributed by atoms with van der Waals surface area (Å²) in [5, 5.41) is 3.35. The number of fused-ring (bicyclic) bond motifs is 1. The van der Waals surface area contributed by atoms with Gasteiger partial charge in [0.05, 0.1) is 5.69 Å². The highest BCUT2D eigenvalue weighted by atomic mass is 127. The molecule has 1 N–H and O–H groups in total. The monoisotopic (exact) mass is 323 g/mol. The second-order valence-electron chi connectivity index (χ2n) is 2.60. The Kier molecular flexibility index (Phi) is 2.10. The highest BCUT2D eigenvalue weighted by Gasteiger charge is 2.12. The van der Waals surface area contributed by atoms with Gasteiger partial charge in [0, 0.05) is 14.6 Å². The Morgan fingerprint density at radius 3 is 3.09 bits per heavy atom. The zero-order valence-electron chi connectivity index (χ0n) is 5.82. The van der Waals surface area contributed by atoms with Crippen LogP contribution in [-0.4, -0.2) is 6.54 Å². The van der Waals surface area contributed by atoms with Crippen LogP contribution in [0.5, 0.6) is 0 Å². The van der Waals surface area contributed by atoms with Gasteiger partial charge in [-0.25, -0.2) is 0 Å². The third-order valence-electron chi connectivity index (χ3n) is 1.83. The van der Waals surface area contributed by atoms with Crippen molar-refractivity contribution >= 4 is 44.2 Å². The van der Waals surface area contributed by atoms with Crippen molar-refractivity contribution < 1.29 is 0 Å². The number of nitrogens with one attached hydrogen (secondary N) is 1. The van der Waals surface area contributed by atoms with E-state index in [-0.39, 0.29) is 0 Å². The molecule has 3 heteroatoms. The van der Waals surface area contributed by atoms with Gasteiger partial charge in [0.1, 0.15) is 0 Å². The molecule has 0 fully saturated rings. The van der Waals surface area contributed by atoms with Crippen LogP contribution in [0.3, 0.4) is 0 Å². The van der Waals surface area contributed by atoms with Gasteiger partial charge in [-0.1, -0.05) is 0 Å². The molecule has 1 aliphatic heterocycles. The molecule has 1 aliphatic rings. The van der Waals surface area contributed by atoms with Crippen molar-refractivity contribution in [3.8, 4) is 0 Å². The third kappa shape index (κ3) is 1.40. The lowest BCUT2D eigenvalue weighted by atomic mass is 10.2. The van der Waals surface area contributed by atoms with Crippen molar-refractivity contribution in [2.75, 3.05) is 11.9 Å². The van der Waals surface area contributed by atoms with Gasteiger partial charge in [-0.2, -0.15) is 0 Å². The molecule has 11 heavy (non-hydrogen) atoms.